The molecule has 1 heterocycles. The predicted octanol–water partition coefficient (Wildman–Crippen LogP) is 3.54. The Bertz CT molecular complexity index is 796. The molecule has 2 aromatic carbocycles. The van der Waals surface area contributed by atoms with Crippen LogP contribution < -0.4 is 14.8 Å². The zero-order valence-electron chi connectivity index (χ0n) is 16.0. The standard InChI is InChI=1S/C21H26F2N2O2/c1-25(2)9-4-10-27-20-13-17-14(11-19(20)26-3)7-8-24-21(17)16-6-5-15(22)12-18(16)23/h5-6,11-13,21,24H,4,7-10H2,1-3H3. The van der Waals surface area contributed by atoms with Crippen molar-refractivity contribution in [1.82, 2.24) is 10.2 Å². The smallest absolute Gasteiger partial charge is 0.161 e. The minimum absolute atomic E-state index is 0.343. The first-order valence-corrected chi connectivity index (χ1v) is 9.16. The van der Waals surface area contributed by atoms with Crippen molar-refractivity contribution < 1.29 is 18.3 Å². The first-order valence-electron chi connectivity index (χ1n) is 9.16. The van der Waals surface area contributed by atoms with Gasteiger partial charge in [0.15, 0.2) is 11.5 Å². The maximum absolute atomic E-state index is 14.4. The van der Waals surface area contributed by atoms with Crippen molar-refractivity contribution in [3.05, 3.63) is 58.7 Å². The molecule has 0 aromatic heterocycles. The molecule has 2 aromatic rings. The molecular formula is C21H26F2N2O2. The molecule has 146 valence electrons. The van der Waals surface area contributed by atoms with E-state index in [2.05, 4.69) is 10.2 Å². The molecule has 1 atom stereocenters. The highest BCUT2D eigenvalue weighted by atomic mass is 19.1. The summed E-state index contributed by atoms with van der Waals surface area (Å²) < 4.78 is 39.1. The summed E-state index contributed by atoms with van der Waals surface area (Å²) in [7, 11) is 5.66. The van der Waals surface area contributed by atoms with Gasteiger partial charge in [-0.15, -0.1) is 0 Å². The lowest BCUT2D eigenvalue weighted by Crippen LogP contribution is -2.31. The zero-order valence-corrected chi connectivity index (χ0v) is 16.0. The summed E-state index contributed by atoms with van der Waals surface area (Å²) in [4.78, 5) is 2.10. The predicted molar refractivity (Wildman–Crippen MR) is 102 cm³/mol. The number of benzene rings is 2. The van der Waals surface area contributed by atoms with E-state index in [4.69, 9.17) is 9.47 Å². The summed E-state index contributed by atoms with van der Waals surface area (Å²) in [6.07, 6.45) is 1.70. The van der Waals surface area contributed by atoms with Crippen molar-refractivity contribution in [3.63, 3.8) is 0 Å². The molecule has 0 bridgehead atoms. The van der Waals surface area contributed by atoms with Gasteiger partial charge in [-0.3, -0.25) is 0 Å². The van der Waals surface area contributed by atoms with Crippen LogP contribution in [0.1, 0.15) is 29.2 Å². The van der Waals surface area contributed by atoms with Gasteiger partial charge in [0.05, 0.1) is 19.8 Å². The third-order valence-electron chi connectivity index (χ3n) is 4.76. The molecule has 0 aliphatic carbocycles. The average Bonchev–Trinajstić information content (AvgIpc) is 2.64. The number of nitrogens with zero attached hydrogens (tertiary/aromatic N) is 1. The molecule has 1 N–H and O–H groups in total. The van der Waals surface area contributed by atoms with Gasteiger partial charge in [-0.1, -0.05) is 6.07 Å². The van der Waals surface area contributed by atoms with Crippen LogP contribution in [0, 0.1) is 11.6 Å². The van der Waals surface area contributed by atoms with E-state index in [1.165, 1.54) is 12.1 Å². The van der Waals surface area contributed by atoms with E-state index in [0.717, 1.165) is 36.6 Å². The molecule has 0 saturated heterocycles. The summed E-state index contributed by atoms with van der Waals surface area (Å²) >= 11 is 0. The number of methoxy groups -OCH3 is 1. The van der Waals surface area contributed by atoms with E-state index in [1.807, 2.05) is 26.2 Å². The summed E-state index contributed by atoms with van der Waals surface area (Å²) in [5.41, 5.74) is 2.45. The fraction of sp³-hybridized carbons (Fsp3) is 0.429. The molecule has 0 saturated carbocycles. The minimum atomic E-state index is -0.577. The second-order valence-electron chi connectivity index (χ2n) is 7.01. The first-order chi connectivity index (χ1) is 13.0. The highest BCUT2D eigenvalue weighted by Crippen LogP contribution is 2.38. The monoisotopic (exact) mass is 376 g/mol. The maximum atomic E-state index is 14.4. The van der Waals surface area contributed by atoms with Gasteiger partial charge in [0, 0.05) is 24.7 Å². The Labute approximate surface area is 159 Å². The summed E-state index contributed by atoms with van der Waals surface area (Å²) in [6, 6.07) is 7.25. The van der Waals surface area contributed by atoms with Crippen LogP contribution >= 0.6 is 0 Å². The molecule has 1 aliphatic heterocycles. The summed E-state index contributed by atoms with van der Waals surface area (Å²) in [5.74, 6) is 0.196. The van der Waals surface area contributed by atoms with Gasteiger partial charge in [-0.2, -0.15) is 0 Å². The van der Waals surface area contributed by atoms with Crippen molar-refractivity contribution in [3.8, 4) is 11.5 Å². The summed E-state index contributed by atoms with van der Waals surface area (Å²) in [6.45, 7) is 2.20. The number of nitrogens with one attached hydrogen (secondary N) is 1. The first kappa shape index (κ1) is 19.6. The van der Waals surface area contributed by atoms with E-state index in [9.17, 15) is 8.78 Å². The molecule has 0 fully saturated rings. The average molecular weight is 376 g/mol. The third-order valence-corrected chi connectivity index (χ3v) is 4.76. The molecule has 0 amide bonds. The molecule has 6 heteroatoms. The number of ether oxygens (including phenoxy) is 2. The van der Waals surface area contributed by atoms with Crippen LogP contribution in [0.2, 0.25) is 0 Å². The third kappa shape index (κ3) is 4.57. The topological polar surface area (TPSA) is 33.7 Å². The van der Waals surface area contributed by atoms with Crippen LogP contribution in [0.4, 0.5) is 8.78 Å². The van der Waals surface area contributed by atoms with Crippen molar-refractivity contribution in [2.45, 2.75) is 18.9 Å². The number of hydrogen-bond donors (Lipinski definition) is 1. The Kier molecular flexibility index (Phi) is 6.29. The van der Waals surface area contributed by atoms with E-state index in [0.29, 0.717) is 30.2 Å². The summed E-state index contributed by atoms with van der Waals surface area (Å²) in [5, 5.41) is 3.33. The van der Waals surface area contributed by atoms with Gasteiger partial charge >= 0.3 is 0 Å². The van der Waals surface area contributed by atoms with Crippen LogP contribution in [0.25, 0.3) is 0 Å². The molecule has 4 nitrogen and oxygen atoms in total. The van der Waals surface area contributed by atoms with E-state index >= 15 is 0 Å². The van der Waals surface area contributed by atoms with Crippen LogP contribution in [-0.4, -0.2) is 45.8 Å². The Morgan fingerprint density at radius 3 is 2.63 bits per heavy atom. The SMILES string of the molecule is COc1cc2c(cc1OCCCN(C)C)C(c1ccc(F)cc1F)NCC2. The van der Waals surface area contributed by atoms with Gasteiger partial charge in [0.2, 0.25) is 0 Å². The minimum Gasteiger partial charge on any atom is -0.493 e. The molecule has 27 heavy (non-hydrogen) atoms. The number of halogens is 2. The van der Waals surface area contributed by atoms with Crippen LogP contribution in [0.3, 0.4) is 0 Å². The maximum Gasteiger partial charge on any atom is 0.161 e. The van der Waals surface area contributed by atoms with Gasteiger partial charge in [-0.25, -0.2) is 8.78 Å². The Morgan fingerprint density at radius 1 is 1.11 bits per heavy atom. The largest absolute Gasteiger partial charge is 0.493 e. The van der Waals surface area contributed by atoms with E-state index in [-0.39, 0.29) is 6.04 Å². The van der Waals surface area contributed by atoms with Crippen molar-refractivity contribution >= 4 is 0 Å². The lowest BCUT2D eigenvalue weighted by Gasteiger charge is -2.29. The fourth-order valence-corrected chi connectivity index (χ4v) is 3.41. The second-order valence-corrected chi connectivity index (χ2v) is 7.01. The number of hydrogen-bond acceptors (Lipinski definition) is 4. The highest BCUT2D eigenvalue weighted by Gasteiger charge is 2.26. The lowest BCUT2D eigenvalue weighted by atomic mass is 9.89. The lowest BCUT2D eigenvalue weighted by molar-refractivity contribution is 0.267. The zero-order chi connectivity index (χ0) is 19.4. The Hall–Kier alpha value is -2.18. The molecule has 0 spiro atoms. The van der Waals surface area contributed by atoms with Crippen molar-refractivity contribution in [1.29, 1.82) is 0 Å². The molecular weight excluding hydrogens is 350 g/mol. The van der Waals surface area contributed by atoms with Gasteiger partial charge < -0.3 is 19.7 Å². The fourth-order valence-electron chi connectivity index (χ4n) is 3.41. The molecule has 1 unspecified atom stereocenters. The van der Waals surface area contributed by atoms with Crippen molar-refractivity contribution in [2.24, 2.45) is 0 Å². The van der Waals surface area contributed by atoms with Crippen molar-refractivity contribution in [2.75, 3.05) is 40.9 Å². The number of rotatable bonds is 7. The molecule has 0 radical (unpaired) electrons. The van der Waals surface area contributed by atoms with Crippen LogP contribution in [0.5, 0.6) is 11.5 Å². The normalized spacial score (nSPS) is 16.3. The van der Waals surface area contributed by atoms with E-state index < -0.39 is 11.6 Å². The quantitative estimate of drug-likeness (QED) is 0.750. The Balaban J connectivity index is 1.90. The van der Waals surface area contributed by atoms with Gasteiger partial charge in [0.1, 0.15) is 11.6 Å². The second kappa shape index (κ2) is 8.67. The van der Waals surface area contributed by atoms with Gasteiger partial charge in [0.25, 0.3) is 0 Å². The van der Waals surface area contributed by atoms with Gasteiger partial charge in [-0.05, 0) is 56.3 Å². The van der Waals surface area contributed by atoms with Crippen LogP contribution in [-0.2, 0) is 6.42 Å². The van der Waals surface area contributed by atoms with Crippen LogP contribution in [0.15, 0.2) is 30.3 Å². The van der Waals surface area contributed by atoms with E-state index in [1.54, 1.807) is 7.11 Å². The number of fused-ring (bicyclic) bond motifs is 1. The molecule has 3 rings (SSSR count). The molecule has 1 aliphatic rings. The highest BCUT2D eigenvalue weighted by molar-refractivity contribution is 5.51. The Morgan fingerprint density at radius 2 is 1.93 bits per heavy atom.